The summed E-state index contributed by atoms with van der Waals surface area (Å²) in [6, 6.07) is 6.96. The van der Waals surface area contributed by atoms with E-state index in [1.807, 2.05) is 22.9 Å². The topological polar surface area (TPSA) is 132 Å². The van der Waals surface area contributed by atoms with E-state index in [-0.39, 0.29) is 17.1 Å². The van der Waals surface area contributed by atoms with Gasteiger partial charge in [0.25, 0.3) is 5.56 Å². The van der Waals surface area contributed by atoms with E-state index >= 15 is 0 Å². The molecule has 4 aromatic heterocycles. The molecule has 0 fully saturated rings. The Kier molecular flexibility index (Phi) is 7.81. The number of carbonyl (C=O) groups is 2. The first-order valence-corrected chi connectivity index (χ1v) is 17.6. The Morgan fingerprint density at radius 1 is 1.02 bits per heavy atom. The smallest absolute Gasteiger partial charge is 0.327 e. The zero-order valence-electron chi connectivity index (χ0n) is 23.8. The number of benzene rings is 1. The molecule has 0 N–H and O–H groups in total. The lowest BCUT2D eigenvalue weighted by Crippen LogP contribution is -2.25. The molecular weight excluding hydrogens is 564 g/mol. The summed E-state index contributed by atoms with van der Waals surface area (Å²) in [7, 11) is 2.94. The lowest BCUT2D eigenvalue weighted by Gasteiger charge is -2.15. The number of ether oxygens (including phenoxy) is 3. The predicted octanol–water partition coefficient (Wildman–Crippen LogP) is 3.48. The van der Waals surface area contributed by atoms with Gasteiger partial charge in [-0.1, -0.05) is 31.8 Å². The number of carbonyl (C=O) groups excluding carboxylic acids is 2. The molecule has 216 valence electrons. The van der Waals surface area contributed by atoms with Crippen LogP contribution in [-0.2, 0) is 44.1 Å². The highest BCUT2D eigenvalue weighted by Gasteiger charge is 2.35. The minimum Gasteiger partial charge on any atom is -0.468 e. The van der Waals surface area contributed by atoms with Crippen molar-refractivity contribution in [3.05, 3.63) is 51.5 Å². The van der Waals surface area contributed by atoms with Gasteiger partial charge in [-0.3, -0.25) is 14.4 Å². The second-order valence-corrected chi connectivity index (χ2v) is 17.6. The monoisotopic (exact) mass is 596 g/mol. The lowest BCUT2D eigenvalue weighted by atomic mass is 10.1. The molecule has 1 aromatic carbocycles. The van der Waals surface area contributed by atoms with Gasteiger partial charge in [0.05, 0.1) is 43.4 Å². The largest absolute Gasteiger partial charge is 0.468 e. The summed E-state index contributed by atoms with van der Waals surface area (Å²) in [6.07, 6.45) is 3.40. The van der Waals surface area contributed by atoms with Crippen LogP contribution in [0.3, 0.4) is 0 Å². The Morgan fingerprint density at radius 3 is 2.39 bits per heavy atom. The van der Waals surface area contributed by atoms with Gasteiger partial charge in [0, 0.05) is 32.5 Å². The molecule has 0 aliphatic rings. The molecule has 0 saturated heterocycles. The van der Waals surface area contributed by atoms with Crippen molar-refractivity contribution in [2.75, 3.05) is 20.8 Å². The fourth-order valence-corrected chi connectivity index (χ4v) is 6.61. The minimum atomic E-state index is -1.31. The fourth-order valence-electron chi connectivity index (χ4n) is 4.67. The van der Waals surface area contributed by atoms with Crippen molar-refractivity contribution >= 4 is 63.5 Å². The molecule has 0 aliphatic heterocycles. The van der Waals surface area contributed by atoms with Gasteiger partial charge in [-0.15, -0.1) is 11.3 Å². The molecule has 0 unspecified atom stereocenters. The molecule has 0 amide bonds. The van der Waals surface area contributed by atoms with E-state index in [1.165, 1.54) is 18.9 Å². The Hall–Kier alpha value is -3.88. The molecular formula is C27H32N6O6SSi. The van der Waals surface area contributed by atoms with Crippen LogP contribution in [-0.4, -0.2) is 70.0 Å². The third-order valence-electron chi connectivity index (χ3n) is 6.97. The highest BCUT2D eigenvalue weighted by molar-refractivity contribution is 7.19. The zero-order valence-corrected chi connectivity index (χ0v) is 25.7. The third kappa shape index (κ3) is 5.41. The second-order valence-electron chi connectivity index (χ2n) is 11.0. The number of fused-ring (bicyclic) bond motifs is 4. The summed E-state index contributed by atoms with van der Waals surface area (Å²) < 4.78 is 21.0. The van der Waals surface area contributed by atoms with Crippen molar-refractivity contribution in [1.82, 2.24) is 29.1 Å². The SMILES string of the molecule is COC(=O)C(C(=O)OC)c1nc2c(s1)c1cnn(Cc3cccc4c3cnn4COCC[Si](C)(C)C)c(=O)c1n2C. The number of methoxy groups -OCH3 is 2. The van der Waals surface area contributed by atoms with E-state index in [1.54, 1.807) is 24.0 Å². The van der Waals surface area contributed by atoms with Crippen LogP contribution in [0.15, 0.2) is 35.4 Å². The number of esters is 2. The number of nitrogens with zero attached hydrogens (tertiary/aromatic N) is 6. The van der Waals surface area contributed by atoms with E-state index in [0.717, 1.165) is 33.8 Å². The predicted molar refractivity (Wildman–Crippen MR) is 158 cm³/mol. The van der Waals surface area contributed by atoms with E-state index in [4.69, 9.17) is 14.2 Å². The third-order valence-corrected chi connectivity index (χ3v) is 9.82. The fraction of sp³-hybridized carbons (Fsp3) is 0.407. The van der Waals surface area contributed by atoms with Crippen molar-refractivity contribution < 1.29 is 23.8 Å². The number of rotatable bonds is 10. The van der Waals surface area contributed by atoms with Crippen LogP contribution in [0.1, 0.15) is 16.5 Å². The van der Waals surface area contributed by atoms with Crippen LogP contribution < -0.4 is 5.56 Å². The molecule has 0 aliphatic carbocycles. The van der Waals surface area contributed by atoms with E-state index in [9.17, 15) is 14.4 Å². The molecule has 0 radical (unpaired) electrons. The van der Waals surface area contributed by atoms with Gasteiger partial charge in [-0.2, -0.15) is 10.2 Å². The van der Waals surface area contributed by atoms with Gasteiger partial charge < -0.3 is 18.8 Å². The molecule has 0 saturated carbocycles. The van der Waals surface area contributed by atoms with Gasteiger partial charge in [0.15, 0.2) is 5.65 Å². The second kappa shape index (κ2) is 11.2. The highest BCUT2D eigenvalue weighted by Crippen LogP contribution is 2.35. The number of hydrogen-bond acceptors (Lipinski definition) is 10. The molecule has 14 heteroatoms. The Bertz CT molecular complexity index is 1820. The summed E-state index contributed by atoms with van der Waals surface area (Å²) in [5.74, 6) is -2.84. The van der Waals surface area contributed by atoms with Crippen LogP contribution in [0.2, 0.25) is 25.7 Å². The quantitative estimate of drug-likeness (QED) is 0.103. The van der Waals surface area contributed by atoms with Crippen LogP contribution in [0, 0.1) is 0 Å². The molecule has 0 spiro atoms. The van der Waals surface area contributed by atoms with Crippen LogP contribution in [0.4, 0.5) is 0 Å². The van der Waals surface area contributed by atoms with Crippen LogP contribution in [0.25, 0.3) is 32.2 Å². The lowest BCUT2D eigenvalue weighted by molar-refractivity contribution is -0.154. The number of hydrogen-bond donors (Lipinski definition) is 0. The minimum absolute atomic E-state index is 0.225. The molecule has 12 nitrogen and oxygen atoms in total. The summed E-state index contributed by atoms with van der Waals surface area (Å²) in [6.45, 7) is 8.26. The Morgan fingerprint density at radius 2 is 1.71 bits per heavy atom. The van der Waals surface area contributed by atoms with Crippen molar-refractivity contribution in [1.29, 1.82) is 0 Å². The van der Waals surface area contributed by atoms with Crippen LogP contribution >= 0.6 is 11.3 Å². The average Bonchev–Trinajstić information content (AvgIpc) is 3.62. The van der Waals surface area contributed by atoms with E-state index < -0.39 is 25.9 Å². The first-order valence-electron chi connectivity index (χ1n) is 13.1. The molecule has 5 rings (SSSR count). The van der Waals surface area contributed by atoms with Gasteiger partial charge in [0.1, 0.15) is 17.3 Å². The molecule has 0 bridgehead atoms. The molecule has 4 heterocycles. The van der Waals surface area contributed by atoms with Crippen LogP contribution in [0.5, 0.6) is 0 Å². The maximum Gasteiger partial charge on any atom is 0.327 e. The molecule has 41 heavy (non-hydrogen) atoms. The number of aryl methyl sites for hydroxylation is 1. The summed E-state index contributed by atoms with van der Waals surface area (Å²) in [5.41, 5.74) is 2.43. The summed E-state index contributed by atoms with van der Waals surface area (Å²) in [5, 5.41) is 10.7. The van der Waals surface area contributed by atoms with Gasteiger partial charge >= 0.3 is 11.9 Å². The van der Waals surface area contributed by atoms with Crippen molar-refractivity contribution in [3.63, 3.8) is 0 Å². The van der Waals surface area contributed by atoms with E-state index in [0.29, 0.717) is 34.6 Å². The normalized spacial score (nSPS) is 12.2. The average molecular weight is 597 g/mol. The first-order chi connectivity index (χ1) is 19.5. The van der Waals surface area contributed by atoms with Gasteiger partial charge in [0.2, 0.25) is 5.92 Å². The Balaban J connectivity index is 1.45. The number of thiazole rings is 1. The maximum atomic E-state index is 13.6. The maximum absolute atomic E-state index is 13.6. The highest BCUT2D eigenvalue weighted by atomic mass is 32.1. The van der Waals surface area contributed by atoms with Crippen molar-refractivity contribution in [2.24, 2.45) is 7.05 Å². The zero-order chi connectivity index (χ0) is 29.5. The summed E-state index contributed by atoms with van der Waals surface area (Å²) in [4.78, 5) is 42.7. The molecule has 5 aromatic rings. The van der Waals surface area contributed by atoms with Gasteiger partial charge in [-0.25, -0.2) is 14.3 Å². The Labute approximate surface area is 240 Å². The standard InChI is InChI=1S/C27H32N6O6SSi/c1-31-21-18(22-23(31)30-24(40-22)20(26(35)37-2)27(36)38-3)13-28-32(25(21)34)14-16-8-7-9-19-17(16)12-29-33(19)15-39-10-11-41(4,5)6/h7-9,12-13,20H,10-11,14-15H2,1-6H3. The molecule has 0 atom stereocenters. The van der Waals surface area contributed by atoms with E-state index in [2.05, 4.69) is 34.8 Å². The van der Waals surface area contributed by atoms with Crippen molar-refractivity contribution in [3.8, 4) is 0 Å². The summed E-state index contributed by atoms with van der Waals surface area (Å²) >= 11 is 1.13. The van der Waals surface area contributed by atoms with Gasteiger partial charge in [-0.05, 0) is 17.7 Å². The van der Waals surface area contributed by atoms with Crippen molar-refractivity contribution in [2.45, 2.75) is 44.9 Å². The number of aromatic nitrogens is 6. The first kappa shape index (κ1) is 28.6.